The van der Waals surface area contributed by atoms with Gasteiger partial charge in [-0.1, -0.05) is 50.1 Å². The van der Waals surface area contributed by atoms with Gasteiger partial charge >= 0.3 is 11.9 Å². The lowest BCUT2D eigenvalue weighted by molar-refractivity contribution is -0.0989. The van der Waals surface area contributed by atoms with E-state index in [2.05, 4.69) is 10.6 Å². The van der Waals surface area contributed by atoms with Gasteiger partial charge in [0.2, 0.25) is 0 Å². The molecule has 0 radical (unpaired) electrons. The quantitative estimate of drug-likeness (QED) is 0.0629. The Hall–Kier alpha value is -5.52. The fraction of sp³-hybridized carbons (Fsp3) is 0.317. The van der Waals surface area contributed by atoms with Crippen molar-refractivity contribution in [3.63, 3.8) is 0 Å². The van der Waals surface area contributed by atoms with Gasteiger partial charge in [0.1, 0.15) is 11.5 Å². The van der Waals surface area contributed by atoms with Gasteiger partial charge in [0.25, 0.3) is 11.8 Å². The highest BCUT2D eigenvalue weighted by atomic mass is 16.7. The Morgan fingerprint density at radius 2 is 1.12 bits per heavy atom. The molecule has 0 spiro atoms. The summed E-state index contributed by atoms with van der Waals surface area (Å²) in [7, 11) is 1.45. The number of hydrogen-bond acceptors (Lipinski definition) is 9. The molecule has 2 N–H and O–H groups in total. The zero-order chi connectivity index (χ0) is 37.6. The van der Waals surface area contributed by atoms with E-state index in [-0.39, 0.29) is 22.3 Å². The molecule has 11 nitrogen and oxygen atoms in total. The summed E-state index contributed by atoms with van der Waals surface area (Å²) in [5.41, 5.74) is 2.73. The number of rotatable bonds is 17. The van der Waals surface area contributed by atoms with Gasteiger partial charge in [-0.3, -0.25) is 9.59 Å². The van der Waals surface area contributed by atoms with E-state index in [1.807, 2.05) is 45.0 Å². The molecule has 274 valence electrons. The molecule has 0 aliphatic carbocycles. The summed E-state index contributed by atoms with van der Waals surface area (Å²) in [6, 6.07) is 23.7. The van der Waals surface area contributed by atoms with Crippen LogP contribution in [0.25, 0.3) is 11.1 Å². The SMILES string of the molecule is CCCCOC(C)OC(=O)c1ccc(-c2ccc(C(=O)OC(C)OCCC)c(C(=O)NC)c2)cc1C(=O)Nc1ccc(Oc2ccc(C)cc2)cc1. The first-order valence-electron chi connectivity index (χ1n) is 17.3. The second kappa shape index (κ2) is 19.2. The van der Waals surface area contributed by atoms with Crippen molar-refractivity contribution in [2.45, 2.75) is 66.5 Å². The van der Waals surface area contributed by atoms with Crippen LogP contribution in [0.5, 0.6) is 11.5 Å². The van der Waals surface area contributed by atoms with E-state index in [0.717, 1.165) is 24.8 Å². The third-order valence-corrected chi connectivity index (χ3v) is 7.85. The largest absolute Gasteiger partial charge is 0.457 e. The lowest BCUT2D eigenvalue weighted by atomic mass is 9.95. The highest BCUT2D eigenvalue weighted by Gasteiger charge is 2.24. The zero-order valence-electron chi connectivity index (χ0n) is 30.4. The van der Waals surface area contributed by atoms with Crippen molar-refractivity contribution in [3.05, 3.63) is 113 Å². The van der Waals surface area contributed by atoms with Crippen molar-refractivity contribution in [2.24, 2.45) is 0 Å². The van der Waals surface area contributed by atoms with Crippen molar-refractivity contribution < 1.29 is 42.9 Å². The normalized spacial score (nSPS) is 12.0. The number of hydrogen-bond donors (Lipinski definition) is 2. The van der Waals surface area contributed by atoms with Gasteiger partial charge in [-0.25, -0.2) is 9.59 Å². The third kappa shape index (κ3) is 11.0. The van der Waals surface area contributed by atoms with Crippen molar-refractivity contribution in [1.82, 2.24) is 5.32 Å². The summed E-state index contributed by atoms with van der Waals surface area (Å²) in [4.78, 5) is 53.2. The van der Waals surface area contributed by atoms with Gasteiger partial charge in [-0.15, -0.1) is 0 Å². The number of esters is 2. The molecule has 11 heteroatoms. The Kier molecular flexibility index (Phi) is 14.5. The van der Waals surface area contributed by atoms with Gasteiger partial charge in [0.05, 0.1) is 35.5 Å². The van der Waals surface area contributed by atoms with E-state index in [9.17, 15) is 19.2 Å². The van der Waals surface area contributed by atoms with Crippen LogP contribution in [-0.4, -0.2) is 56.6 Å². The Balaban J connectivity index is 1.65. The molecule has 4 aromatic carbocycles. The molecule has 4 aromatic rings. The average Bonchev–Trinajstić information content (AvgIpc) is 3.14. The fourth-order valence-corrected chi connectivity index (χ4v) is 5.04. The Bertz CT molecular complexity index is 1840. The minimum atomic E-state index is -0.840. The highest BCUT2D eigenvalue weighted by Crippen LogP contribution is 2.28. The van der Waals surface area contributed by atoms with E-state index in [0.29, 0.717) is 41.5 Å². The second-order valence-corrected chi connectivity index (χ2v) is 12.0. The number of ether oxygens (including phenoxy) is 5. The molecule has 0 aromatic heterocycles. The number of amides is 2. The van der Waals surface area contributed by atoms with Gasteiger partial charge in [-0.05, 0) is 105 Å². The van der Waals surface area contributed by atoms with Crippen LogP contribution in [0.4, 0.5) is 5.69 Å². The van der Waals surface area contributed by atoms with E-state index in [4.69, 9.17) is 23.7 Å². The minimum Gasteiger partial charge on any atom is -0.457 e. The average molecular weight is 711 g/mol. The number of carbonyl (C=O) groups excluding carboxylic acids is 4. The van der Waals surface area contributed by atoms with E-state index >= 15 is 0 Å². The summed E-state index contributed by atoms with van der Waals surface area (Å²) in [5.74, 6) is -1.31. The molecule has 0 fully saturated rings. The third-order valence-electron chi connectivity index (χ3n) is 7.85. The minimum absolute atomic E-state index is 0.0132. The first kappa shape index (κ1) is 39.3. The van der Waals surface area contributed by atoms with Gasteiger partial charge in [-0.2, -0.15) is 0 Å². The van der Waals surface area contributed by atoms with Crippen molar-refractivity contribution in [3.8, 4) is 22.6 Å². The monoisotopic (exact) mass is 710 g/mol. The molecule has 2 unspecified atom stereocenters. The van der Waals surface area contributed by atoms with Gasteiger partial charge in [0.15, 0.2) is 12.6 Å². The number of benzene rings is 4. The summed E-state index contributed by atoms with van der Waals surface area (Å²) in [6.07, 6.45) is 0.821. The van der Waals surface area contributed by atoms with Crippen LogP contribution >= 0.6 is 0 Å². The number of unbranched alkanes of at least 4 members (excludes halogenated alkanes) is 1. The molecule has 0 aliphatic heterocycles. The molecule has 0 bridgehead atoms. The van der Waals surface area contributed by atoms with Gasteiger partial charge in [0, 0.05) is 12.7 Å². The molecular weight excluding hydrogens is 664 g/mol. The first-order chi connectivity index (χ1) is 25.0. The molecule has 0 aliphatic rings. The Labute approximate surface area is 304 Å². The van der Waals surface area contributed by atoms with Crippen LogP contribution in [0.3, 0.4) is 0 Å². The molecule has 52 heavy (non-hydrogen) atoms. The Morgan fingerprint density at radius 3 is 1.62 bits per heavy atom. The summed E-state index contributed by atoms with van der Waals surface area (Å²) < 4.78 is 27.9. The summed E-state index contributed by atoms with van der Waals surface area (Å²) in [6.45, 7) is 10.0. The maximum Gasteiger partial charge on any atom is 0.341 e. The molecule has 2 amide bonds. The lowest BCUT2D eigenvalue weighted by Gasteiger charge is -2.17. The first-order valence-corrected chi connectivity index (χ1v) is 17.3. The van der Waals surface area contributed by atoms with Crippen molar-refractivity contribution in [1.29, 1.82) is 0 Å². The van der Waals surface area contributed by atoms with E-state index < -0.39 is 36.3 Å². The maximum atomic E-state index is 13.9. The molecule has 0 saturated carbocycles. The second-order valence-electron chi connectivity index (χ2n) is 12.0. The number of anilines is 1. The number of aryl methyl sites for hydroxylation is 1. The van der Waals surface area contributed by atoms with Crippen LogP contribution < -0.4 is 15.4 Å². The van der Waals surface area contributed by atoms with E-state index in [1.165, 1.54) is 31.3 Å². The Morgan fingerprint density at radius 1 is 0.615 bits per heavy atom. The number of carbonyl (C=O) groups is 4. The lowest BCUT2D eigenvalue weighted by Crippen LogP contribution is -2.24. The standard InChI is InChI=1S/C41H46N2O9/c1-7-9-23-49-28(5)51-41(47)35-21-13-30(29-12-20-34(36(24-29)38(44)42-6)40(46)50-27(4)48-22-8-2)25-37(35)39(45)43-31-14-18-33(19-15-31)52-32-16-10-26(3)11-17-32/h10-21,24-25,27-28H,7-9,22-23H2,1-6H3,(H,42,44)(H,43,45). The summed E-state index contributed by atoms with van der Waals surface area (Å²) >= 11 is 0. The smallest absolute Gasteiger partial charge is 0.341 e. The topological polar surface area (TPSA) is 138 Å². The molecule has 0 heterocycles. The van der Waals surface area contributed by atoms with Gasteiger partial charge < -0.3 is 34.3 Å². The molecule has 2 atom stereocenters. The van der Waals surface area contributed by atoms with Crippen LogP contribution in [0, 0.1) is 6.92 Å². The van der Waals surface area contributed by atoms with Crippen LogP contribution in [-0.2, 0) is 18.9 Å². The molecule has 4 rings (SSSR count). The van der Waals surface area contributed by atoms with Crippen molar-refractivity contribution in [2.75, 3.05) is 25.6 Å². The van der Waals surface area contributed by atoms with Crippen molar-refractivity contribution >= 4 is 29.4 Å². The van der Waals surface area contributed by atoms with E-state index in [1.54, 1.807) is 50.2 Å². The molecular formula is C41H46N2O9. The predicted octanol–water partition coefficient (Wildman–Crippen LogP) is 8.32. The van der Waals surface area contributed by atoms with Crippen LogP contribution in [0.2, 0.25) is 0 Å². The maximum absolute atomic E-state index is 13.9. The molecule has 0 saturated heterocycles. The van der Waals surface area contributed by atoms with Crippen LogP contribution in [0.15, 0.2) is 84.9 Å². The predicted molar refractivity (Wildman–Crippen MR) is 198 cm³/mol. The highest BCUT2D eigenvalue weighted by molar-refractivity contribution is 6.12. The van der Waals surface area contributed by atoms with Crippen LogP contribution in [0.1, 0.15) is 94.0 Å². The summed E-state index contributed by atoms with van der Waals surface area (Å²) in [5, 5.41) is 5.41. The zero-order valence-corrected chi connectivity index (χ0v) is 30.4. The number of nitrogens with one attached hydrogen (secondary N) is 2. The fourth-order valence-electron chi connectivity index (χ4n) is 5.04.